The fourth-order valence-corrected chi connectivity index (χ4v) is 3.72. The molecule has 6 heteroatoms. The Kier molecular flexibility index (Phi) is 9.67. The number of halogens is 2. The molecule has 2 aromatic rings. The maximum absolute atomic E-state index is 13.3. The quantitative estimate of drug-likeness (QED) is 0.510. The molecule has 0 unspecified atom stereocenters. The van der Waals surface area contributed by atoms with E-state index in [0.29, 0.717) is 34.9 Å². The first kappa shape index (κ1) is 24.2. The number of nitrogens with zero attached hydrogens (tertiary/aromatic N) is 1. The van der Waals surface area contributed by atoms with Gasteiger partial charge in [-0.3, -0.25) is 9.59 Å². The Hall–Kier alpha value is -2.04. The Morgan fingerprint density at radius 1 is 1.00 bits per heavy atom. The minimum atomic E-state index is -0.659. The molecule has 2 aromatic carbocycles. The predicted molar refractivity (Wildman–Crippen MR) is 124 cm³/mol. The minimum Gasteiger partial charge on any atom is -0.352 e. The first-order valence-corrected chi connectivity index (χ1v) is 11.2. The molecule has 0 bridgehead atoms. The highest BCUT2D eigenvalue weighted by Gasteiger charge is 2.31. The molecule has 0 aliphatic heterocycles. The van der Waals surface area contributed by atoms with Gasteiger partial charge in [0.15, 0.2) is 0 Å². The van der Waals surface area contributed by atoms with E-state index in [1.54, 1.807) is 23.1 Å². The number of benzene rings is 2. The third-order valence-corrected chi connectivity index (χ3v) is 5.83. The van der Waals surface area contributed by atoms with E-state index in [1.807, 2.05) is 51.1 Å². The van der Waals surface area contributed by atoms with Crippen LogP contribution in [0.2, 0.25) is 10.0 Å². The second kappa shape index (κ2) is 12.0. The van der Waals surface area contributed by atoms with Gasteiger partial charge in [-0.05, 0) is 37.5 Å². The fraction of sp³-hybridized carbons (Fsp3) is 0.417. The average Bonchev–Trinajstić information content (AvgIpc) is 2.73. The summed E-state index contributed by atoms with van der Waals surface area (Å²) in [6, 6.07) is 14.3. The number of nitrogens with one attached hydrogen (secondary N) is 1. The third-order valence-electron chi connectivity index (χ3n) is 5.13. The highest BCUT2D eigenvalue weighted by atomic mass is 35.5. The molecule has 0 saturated heterocycles. The molecular formula is C24H30Cl2N2O2. The van der Waals surface area contributed by atoms with Crippen LogP contribution in [0.1, 0.15) is 51.2 Å². The van der Waals surface area contributed by atoms with Crippen LogP contribution in [0.3, 0.4) is 0 Å². The second-order valence-corrected chi connectivity index (χ2v) is 8.31. The van der Waals surface area contributed by atoms with E-state index in [-0.39, 0.29) is 24.4 Å². The molecule has 162 valence electrons. The summed E-state index contributed by atoms with van der Waals surface area (Å²) in [7, 11) is 0. The van der Waals surface area contributed by atoms with Gasteiger partial charge >= 0.3 is 0 Å². The monoisotopic (exact) mass is 448 g/mol. The van der Waals surface area contributed by atoms with Crippen LogP contribution in [0.15, 0.2) is 48.5 Å². The molecule has 0 fully saturated rings. The van der Waals surface area contributed by atoms with Crippen LogP contribution >= 0.6 is 23.2 Å². The van der Waals surface area contributed by atoms with Crippen molar-refractivity contribution in [2.75, 3.05) is 0 Å². The molecule has 2 atom stereocenters. The van der Waals surface area contributed by atoms with Gasteiger partial charge in [0.2, 0.25) is 11.8 Å². The second-order valence-electron chi connectivity index (χ2n) is 7.50. The summed E-state index contributed by atoms with van der Waals surface area (Å²) in [5, 5.41) is 4.01. The number of hydrogen-bond acceptors (Lipinski definition) is 2. The minimum absolute atomic E-state index is 0.0165. The van der Waals surface area contributed by atoms with Crippen molar-refractivity contribution < 1.29 is 9.59 Å². The molecule has 2 rings (SSSR count). The molecule has 30 heavy (non-hydrogen) atoms. The highest BCUT2D eigenvalue weighted by molar-refractivity contribution is 6.36. The summed E-state index contributed by atoms with van der Waals surface area (Å²) in [6.45, 7) is 6.11. The summed E-state index contributed by atoms with van der Waals surface area (Å²) in [5.41, 5.74) is 1.64. The van der Waals surface area contributed by atoms with Gasteiger partial charge in [-0.2, -0.15) is 0 Å². The van der Waals surface area contributed by atoms with E-state index < -0.39 is 6.04 Å². The van der Waals surface area contributed by atoms with Crippen molar-refractivity contribution in [1.82, 2.24) is 10.2 Å². The Bertz CT molecular complexity index is 822. The molecule has 2 amide bonds. The number of amides is 2. The third kappa shape index (κ3) is 6.75. The van der Waals surface area contributed by atoms with E-state index in [4.69, 9.17) is 23.2 Å². The van der Waals surface area contributed by atoms with E-state index in [9.17, 15) is 9.59 Å². The zero-order valence-electron chi connectivity index (χ0n) is 17.8. The maximum atomic E-state index is 13.3. The summed E-state index contributed by atoms with van der Waals surface area (Å²) in [4.78, 5) is 28.0. The summed E-state index contributed by atoms with van der Waals surface area (Å²) < 4.78 is 0. The zero-order valence-corrected chi connectivity index (χ0v) is 19.3. The van der Waals surface area contributed by atoms with Gasteiger partial charge in [-0.25, -0.2) is 0 Å². The van der Waals surface area contributed by atoms with Gasteiger partial charge in [-0.15, -0.1) is 0 Å². The Balaban J connectivity index is 2.44. The van der Waals surface area contributed by atoms with Crippen molar-refractivity contribution >= 4 is 35.0 Å². The van der Waals surface area contributed by atoms with E-state index in [0.717, 1.165) is 12.0 Å². The van der Waals surface area contributed by atoms with Crippen molar-refractivity contribution in [2.24, 2.45) is 0 Å². The van der Waals surface area contributed by atoms with Crippen LogP contribution in [0.4, 0.5) is 0 Å². The Labute approximate surface area is 189 Å². The van der Waals surface area contributed by atoms with Crippen LogP contribution < -0.4 is 5.32 Å². The van der Waals surface area contributed by atoms with Crippen LogP contribution in [-0.2, 0) is 22.6 Å². The molecule has 0 aromatic heterocycles. The largest absolute Gasteiger partial charge is 0.352 e. The van der Waals surface area contributed by atoms with Crippen LogP contribution in [0.5, 0.6) is 0 Å². The zero-order chi connectivity index (χ0) is 22.1. The van der Waals surface area contributed by atoms with Crippen molar-refractivity contribution in [3.05, 3.63) is 69.7 Å². The highest BCUT2D eigenvalue weighted by Crippen LogP contribution is 2.27. The lowest BCUT2D eigenvalue weighted by atomic mass is 10.0. The molecule has 0 saturated carbocycles. The maximum Gasteiger partial charge on any atom is 0.243 e. The smallest absolute Gasteiger partial charge is 0.243 e. The van der Waals surface area contributed by atoms with Crippen molar-refractivity contribution in [3.63, 3.8) is 0 Å². The van der Waals surface area contributed by atoms with Crippen LogP contribution in [0, 0.1) is 0 Å². The van der Waals surface area contributed by atoms with Gasteiger partial charge in [0, 0.05) is 41.0 Å². The molecule has 0 heterocycles. The van der Waals surface area contributed by atoms with Gasteiger partial charge < -0.3 is 10.2 Å². The lowest BCUT2D eigenvalue weighted by molar-refractivity contribution is -0.141. The summed E-state index contributed by atoms with van der Waals surface area (Å²) in [6.07, 6.45) is 2.27. The number of hydrogen-bond donors (Lipinski definition) is 1. The van der Waals surface area contributed by atoms with Gasteiger partial charge in [0.1, 0.15) is 6.04 Å². The van der Waals surface area contributed by atoms with Crippen molar-refractivity contribution in [1.29, 1.82) is 0 Å². The number of carbonyl (C=O) groups is 2. The normalized spacial score (nSPS) is 12.8. The lowest BCUT2D eigenvalue weighted by Crippen LogP contribution is -2.52. The molecule has 1 N–H and O–H groups in total. The molecule has 0 aliphatic rings. The SMILES string of the molecule is CCCC(=O)N(Cc1c(Cl)cccc1Cl)[C@@H](Cc1ccccc1)C(=O)N[C@@H](C)CC. The van der Waals surface area contributed by atoms with Crippen molar-refractivity contribution in [3.8, 4) is 0 Å². The first-order valence-electron chi connectivity index (χ1n) is 10.4. The molecule has 0 aliphatic carbocycles. The summed E-state index contributed by atoms with van der Waals surface area (Å²) in [5.74, 6) is -0.255. The predicted octanol–water partition coefficient (Wildman–Crippen LogP) is 5.65. The van der Waals surface area contributed by atoms with Crippen molar-refractivity contribution in [2.45, 2.75) is 65.1 Å². The van der Waals surface area contributed by atoms with E-state index in [1.165, 1.54) is 0 Å². The fourth-order valence-electron chi connectivity index (χ4n) is 3.21. The first-order chi connectivity index (χ1) is 14.4. The summed E-state index contributed by atoms with van der Waals surface area (Å²) >= 11 is 12.8. The molecule has 0 radical (unpaired) electrons. The van der Waals surface area contributed by atoms with Gasteiger partial charge in [0.05, 0.1) is 0 Å². The number of carbonyl (C=O) groups excluding carboxylic acids is 2. The van der Waals surface area contributed by atoms with Crippen LogP contribution in [-0.4, -0.2) is 28.8 Å². The standard InChI is InChI=1S/C24H30Cl2N2O2/c1-4-10-23(29)28(16-19-20(25)13-9-14-21(19)26)22(24(30)27-17(3)5-2)15-18-11-7-6-8-12-18/h6-9,11-14,17,22H,4-5,10,15-16H2,1-3H3,(H,27,30)/t17-,22-/m0/s1. The lowest BCUT2D eigenvalue weighted by Gasteiger charge is -2.32. The van der Waals surface area contributed by atoms with Gasteiger partial charge in [0.25, 0.3) is 0 Å². The molecule has 0 spiro atoms. The van der Waals surface area contributed by atoms with Gasteiger partial charge in [-0.1, -0.05) is 73.4 Å². The Morgan fingerprint density at radius 3 is 2.20 bits per heavy atom. The topological polar surface area (TPSA) is 49.4 Å². The van der Waals surface area contributed by atoms with E-state index in [2.05, 4.69) is 5.32 Å². The molecular weight excluding hydrogens is 419 g/mol. The Morgan fingerprint density at radius 2 is 1.63 bits per heavy atom. The molecule has 4 nitrogen and oxygen atoms in total. The number of rotatable bonds is 10. The van der Waals surface area contributed by atoms with E-state index >= 15 is 0 Å². The van der Waals surface area contributed by atoms with Crippen LogP contribution in [0.25, 0.3) is 0 Å². The average molecular weight is 449 g/mol.